The largest absolute Gasteiger partial charge is 0.445 e. The Hall–Kier alpha value is -2.15. The van der Waals surface area contributed by atoms with E-state index in [0.717, 1.165) is 5.56 Å². The number of aliphatic hydroxyl groups excluding tert-OH is 2. The van der Waals surface area contributed by atoms with Crippen LogP contribution in [0.15, 0.2) is 42.6 Å². The van der Waals surface area contributed by atoms with Crippen molar-refractivity contribution in [1.29, 1.82) is 0 Å². The fraction of sp³-hybridized carbons (Fsp3) is 0.294. The van der Waals surface area contributed by atoms with Gasteiger partial charge in [0.25, 0.3) is 0 Å². The minimum atomic E-state index is -1.20. The zero-order valence-electron chi connectivity index (χ0n) is 13.1. The number of aryl methyl sites for hydroxylation is 1. The van der Waals surface area contributed by atoms with Crippen molar-refractivity contribution in [3.05, 3.63) is 64.4 Å². The van der Waals surface area contributed by atoms with E-state index >= 15 is 0 Å². The third kappa shape index (κ3) is 5.19. The first-order valence-electron chi connectivity index (χ1n) is 7.40. The van der Waals surface area contributed by atoms with Gasteiger partial charge in [0.1, 0.15) is 24.0 Å². The van der Waals surface area contributed by atoms with Crippen LogP contribution in [0.25, 0.3) is 0 Å². The number of carbonyl (C=O) groups is 1. The van der Waals surface area contributed by atoms with Gasteiger partial charge in [-0.1, -0.05) is 41.9 Å². The van der Waals surface area contributed by atoms with E-state index in [2.05, 4.69) is 10.3 Å². The second-order valence-corrected chi connectivity index (χ2v) is 5.71. The van der Waals surface area contributed by atoms with Crippen molar-refractivity contribution in [2.75, 3.05) is 6.54 Å². The number of rotatable bonds is 6. The van der Waals surface area contributed by atoms with E-state index in [4.69, 9.17) is 16.3 Å². The van der Waals surface area contributed by atoms with Gasteiger partial charge in [-0.25, -0.2) is 9.78 Å². The lowest BCUT2D eigenvalue weighted by Crippen LogP contribution is -2.36. The molecule has 6 nitrogen and oxygen atoms in total. The lowest BCUT2D eigenvalue weighted by Gasteiger charge is -2.20. The molecule has 2 rings (SSSR count). The van der Waals surface area contributed by atoms with Crippen molar-refractivity contribution >= 4 is 17.7 Å². The molecule has 128 valence electrons. The summed E-state index contributed by atoms with van der Waals surface area (Å²) in [7, 11) is 0. The summed E-state index contributed by atoms with van der Waals surface area (Å²) in [4.78, 5) is 15.5. The zero-order chi connectivity index (χ0) is 17.5. The highest BCUT2D eigenvalue weighted by Crippen LogP contribution is 2.21. The van der Waals surface area contributed by atoms with Gasteiger partial charge in [-0.3, -0.25) is 0 Å². The van der Waals surface area contributed by atoms with E-state index < -0.39 is 18.3 Å². The predicted molar refractivity (Wildman–Crippen MR) is 89.6 cm³/mol. The first-order valence-corrected chi connectivity index (χ1v) is 7.78. The van der Waals surface area contributed by atoms with Gasteiger partial charge >= 0.3 is 6.09 Å². The topological polar surface area (TPSA) is 91.7 Å². The maximum atomic E-state index is 11.6. The van der Waals surface area contributed by atoms with Crippen LogP contribution in [0.3, 0.4) is 0 Å². The third-order valence-corrected chi connectivity index (χ3v) is 3.68. The number of alkyl carbamates (subject to hydrolysis) is 1. The van der Waals surface area contributed by atoms with Crippen molar-refractivity contribution in [3.8, 4) is 0 Å². The number of hydrogen-bond donors (Lipinski definition) is 3. The predicted octanol–water partition coefficient (Wildman–Crippen LogP) is 2.36. The minimum Gasteiger partial charge on any atom is -0.445 e. The van der Waals surface area contributed by atoms with Gasteiger partial charge in [-0.2, -0.15) is 0 Å². The molecule has 0 spiro atoms. The van der Waals surface area contributed by atoms with Gasteiger partial charge in [0.15, 0.2) is 0 Å². The molecule has 2 aromatic rings. The Morgan fingerprint density at radius 3 is 2.71 bits per heavy atom. The summed E-state index contributed by atoms with van der Waals surface area (Å²) >= 11 is 5.76. The molecule has 0 bridgehead atoms. The van der Waals surface area contributed by atoms with Gasteiger partial charge in [-0.05, 0) is 24.1 Å². The molecule has 2 atom stereocenters. The normalized spacial score (nSPS) is 13.2. The highest BCUT2D eigenvalue weighted by Gasteiger charge is 2.21. The lowest BCUT2D eigenvalue weighted by atomic mass is 10.0. The first-order chi connectivity index (χ1) is 11.5. The quantitative estimate of drug-likeness (QED) is 0.696. The minimum absolute atomic E-state index is 0.130. The number of nitrogens with one attached hydrogen (secondary N) is 1. The Morgan fingerprint density at radius 1 is 1.33 bits per heavy atom. The van der Waals surface area contributed by atoms with E-state index in [0.29, 0.717) is 16.3 Å². The average molecular weight is 351 g/mol. The monoisotopic (exact) mass is 350 g/mol. The van der Waals surface area contributed by atoms with Crippen LogP contribution in [-0.4, -0.2) is 33.9 Å². The number of ether oxygens (including phenoxy) is 1. The Kier molecular flexibility index (Phi) is 6.54. The molecular formula is C17H19ClN2O4. The Labute approximate surface area is 145 Å². The molecule has 7 heteroatoms. The number of benzene rings is 1. The highest BCUT2D eigenvalue weighted by molar-refractivity contribution is 6.29. The Balaban J connectivity index is 1.81. The summed E-state index contributed by atoms with van der Waals surface area (Å²) in [5, 5.41) is 22.9. The van der Waals surface area contributed by atoms with Crippen molar-refractivity contribution < 1.29 is 19.7 Å². The van der Waals surface area contributed by atoms with Gasteiger partial charge in [0.2, 0.25) is 0 Å². The molecule has 0 saturated carbocycles. The van der Waals surface area contributed by atoms with E-state index in [1.54, 1.807) is 13.0 Å². The number of aliphatic hydroxyl groups is 2. The maximum absolute atomic E-state index is 11.6. The van der Waals surface area contributed by atoms with E-state index in [-0.39, 0.29) is 13.2 Å². The molecule has 3 N–H and O–H groups in total. The molecule has 1 aromatic carbocycles. The molecule has 0 saturated heterocycles. The second-order valence-electron chi connectivity index (χ2n) is 5.32. The third-order valence-electron chi connectivity index (χ3n) is 3.47. The average Bonchev–Trinajstić information content (AvgIpc) is 2.58. The van der Waals surface area contributed by atoms with Crippen LogP contribution in [0.4, 0.5) is 4.79 Å². The second kappa shape index (κ2) is 8.63. The van der Waals surface area contributed by atoms with E-state index in [1.165, 1.54) is 6.20 Å². The maximum Gasteiger partial charge on any atom is 0.407 e. The molecule has 1 aromatic heterocycles. The number of pyridine rings is 1. The fourth-order valence-corrected chi connectivity index (χ4v) is 2.34. The summed E-state index contributed by atoms with van der Waals surface area (Å²) in [6.07, 6.45) is -1.66. The smallest absolute Gasteiger partial charge is 0.407 e. The van der Waals surface area contributed by atoms with Crippen molar-refractivity contribution in [2.45, 2.75) is 25.7 Å². The highest BCUT2D eigenvalue weighted by atomic mass is 35.5. The van der Waals surface area contributed by atoms with Crippen LogP contribution in [0, 0.1) is 6.92 Å². The molecule has 1 heterocycles. The molecular weight excluding hydrogens is 332 g/mol. The molecule has 24 heavy (non-hydrogen) atoms. The lowest BCUT2D eigenvalue weighted by molar-refractivity contribution is 0.0178. The van der Waals surface area contributed by atoms with Crippen LogP contribution in [0.2, 0.25) is 5.15 Å². The molecule has 0 radical (unpaired) electrons. The van der Waals surface area contributed by atoms with Crippen LogP contribution in [0.1, 0.15) is 22.8 Å². The molecule has 1 amide bonds. The van der Waals surface area contributed by atoms with E-state index in [1.807, 2.05) is 30.3 Å². The van der Waals surface area contributed by atoms with Gasteiger partial charge < -0.3 is 20.3 Å². The van der Waals surface area contributed by atoms with Crippen molar-refractivity contribution in [1.82, 2.24) is 10.3 Å². The molecule has 0 fully saturated rings. The van der Waals surface area contributed by atoms with Crippen LogP contribution in [0.5, 0.6) is 0 Å². The number of aromatic nitrogens is 1. The van der Waals surface area contributed by atoms with Gasteiger partial charge in [0, 0.05) is 18.3 Å². The molecule has 0 aliphatic rings. The molecule has 0 aliphatic heterocycles. The summed E-state index contributed by atoms with van der Waals surface area (Å²) < 4.78 is 5.03. The summed E-state index contributed by atoms with van der Waals surface area (Å²) in [5.41, 5.74) is 2.01. The van der Waals surface area contributed by atoms with Crippen LogP contribution in [-0.2, 0) is 11.3 Å². The van der Waals surface area contributed by atoms with Crippen molar-refractivity contribution in [2.24, 2.45) is 0 Å². The zero-order valence-corrected chi connectivity index (χ0v) is 13.9. The number of halogens is 1. The standard InChI is InChI=1S/C17H19ClN2O4/c1-11-7-15(18)19-8-13(11)16(22)14(21)9-20-17(23)24-10-12-5-3-2-4-6-12/h2-8,14,16,21-22H,9-10H2,1H3,(H,20,23). The van der Waals surface area contributed by atoms with Gasteiger partial charge in [0.05, 0.1) is 0 Å². The molecule has 2 unspecified atom stereocenters. The Morgan fingerprint density at radius 2 is 2.04 bits per heavy atom. The van der Waals surface area contributed by atoms with E-state index in [9.17, 15) is 15.0 Å². The van der Waals surface area contributed by atoms with Crippen molar-refractivity contribution in [3.63, 3.8) is 0 Å². The number of hydrogen-bond acceptors (Lipinski definition) is 5. The summed E-state index contributed by atoms with van der Waals surface area (Å²) in [6.45, 7) is 1.72. The van der Waals surface area contributed by atoms with Crippen LogP contribution >= 0.6 is 11.6 Å². The summed E-state index contributed by atoms with van der Waals surface area (Å²) in [6, 6.07) is 10.8. The first kappa shape index (κ1) is 18.2. The SMILES string of the molecule is Cc1cc(Cl)ncc1C(O)C(O)CNC(=O)OCc1ccccc1. The fourth-order valence-electron chi connectivity index (χ4n) is 2.12. The Bertz CT molecular complexity index is 682. The van der Waals surface area contributed by atoms with Gasteiger partial charge in [-0.15, -0.1) is 0 Å². The van der Waals surface area contributed by atoms with Crippen LogP contribution < -0.4 is 5.32 Å². The number of amides is 1. The summed E-state index contributed by atoms with van der Waals surface area (Å²) in [5.74, 6) is 0. The number of carbonyl (C=O) groups excluding carboxylic acids is 1. The molecule has 0 aliphatic carbocycles. The number of nitrogens with zero attached hydrogens (tertiary/aromatic N) is 1.